The highest BCUT2D eigenvalue weighted by Crippen LogP contribution is 2.25. The largest absolute Gasteiger partial charge is 0.302 e. The fourth-order valence-electron chi connectivity index (χ4n) is 4.10. The molecule has 2 heterocycles. The van der Waals surface area contributed by atoms with E-state index < -0.39 is 0 Å². The number of thioether (sulfide) groups is 1. The molecule has 162 valence electrons. The van der Waals surface area contributed by atoms with E-state index in [4.69, 9.17) is 0 Å². The lowest BCUT2D eigenvalue weighted by Gasteiger charge is -2.29. The molecule has 3 aromatic rings. The lowest BCUT2D eigenvalue weighted by molar-refractivity contribution is 0.101. The van der Waals surface area contributed by atoms with Crippen molar-refractivity contribution < 1.29 is 4.79 Å². The number of Topliss-reactive ketones (excluding diaryl/α,β-unsaturated/α-hetero) is 1. The number of hydrogen-bond donors (Lipinski definition) is 0. The van der Waals surface area contributed by atoms with E-state index in [1.54, 1.807) is 18.7 Å². The third-order valence-corrected chi connectivity index (χ3v) is 6.80. The molecule has 0 fully saturated rings. The normalized spacial score (nSPS) is 13.9. The Hall–Kier alpha value is -2.44. The molecule has 5 nitrogen and oxygen atoms in total. The van der Waals surface area contributed by atoms with Gasteiger partial charge in [0, 0.05) is 36.5 Å². The second-order valence-corrected chi connectivity index (χ2v) is 9.15. The Labute approximate surface area is 188 Å². The highest BCUT2D eigenvalue weighted by Gasteiger charge is 2.18. The van der Waals surface area contributed by atoms with Gasteiger partial charge in [0.1, 0.15) is 0 Å². The smallest absolute Gasteiger partial charge is 0.191 e. The summed E-state index contributed by atoms with van der Waals surface area (Å²) in [7, 11) is 0. The summed E-state index contributed by atoms with van der Waals surface area (Å²) in [5.41, 5.74) is 4.63. The molecule has 0 amide bonds. The van der Waals surface area contributed by atoms with Crippen LogP contribution in [0.2, 0.25) is 0 Å². The van der Waals surface area contributed by atoms with Crippen LogP contribution in [0.15, 0.2) is 53.7 Å². The summed E-state index contributed by atoms with van der Waals surface area (Å²) in [6.45, 7) is 7.84. The first-order valence-corrected chi connectivity index (χ1v) is 12.1. The molecule has 0 spiro atoms. The number of hydrogen-bond acceptors (Lipinski definition) is 5. The van der Waals surface area contributed by atoms with E-state index in [1.165, 1.54) is 11.1 Å². The van der Waals surface area contributed by atoms with Crippen LogP contribution in [0, 0.1) is 0 Å². The summed E-state index contributed by atoms with van der Waals surface area (Å²) in [6.07, 6.45) is 3.22. The first kappa shape index (κ1) is 21.8. The van der Waals surface area contributed by atoms with Gasteiger partial charge in [0.25, 0.3) is 0 Å². The van der Waals surface area contributed by atoms with Crippen LogP contribution in [0.4, 0.5) is 0 Å². The Kier molecular flexibility index (Phi) is 7.20. The van der Waals surface area contributed by atoms with Gasteiger partial charge >= 0.3 is 0 Å². The zero-order chi connectivity index (χ0) is 21.6. The molecule has 1 aliphatic rings. The predicted octanol–water partition coefficient (Wildman–Crippen LogP) is 5.10. The first-order chi connectivity index (χ1) is 15.2. The van der Waals surface area contributed by atoms with Gasteiger partial charge in [-0.3, -0.25) is 9.69 Å². The maximum atomic E-state index is 11.7. The van der Waals surface area contributed by atoms with Crippen LogP contribution in [0.25, 0.3) is 11.4 Å². The van der Waals surface area contributed by atoms with Crippen LogP contribution in [-0.2, 0) is 19.5 Å². The Morgan fingerprint density at radius 2 is 1.90 bits per heavy atom. The number of carbonyl (C=O) groups is 1. The van der Waals surface area contributed by atoms with E-state index in [0.29, 0.717) is 0 Å². The molecule has 2 aromatic carbocycles. The summed E-state index contributed by atoms with van der Waals surface area (Å²) in [4.78, 5) is 14.2. The number of nitrogens with zero attached hydrogens (tertiary/aromatic N) is 4. The third kappa shape index (κ3) is 5.25. The van der Waals surface area contributed by atoms with Crippen molar-refractivity contribution in [3.63, 3.8) is 0 Å². The van der Waals surface area contributed by atoms with Crippen molar-refractivity contribution in [2.45, 2.75) is 51.4 Å². The Morgan fingerprint density at radius 3 is 2.68 bits per heavy atom. The number of benzene rings is 2. The van der Waals surface area contributed by atoms with Crippen molar-refractivity contribution in [3.05, 3.63) is 65.2 Å². The Bertz CT molecular complexity index is 1030. The monoisotopic (exact) mass is 434 g/mol. The lowest BCUT2D eigenvalue weighted by atomic mass is 9.96. The Balaban J connectivity index is 1.33. The fraction of sp³-hybridized carbons (Fsp3) is 0.400. The van der Waals surface area contributed by atoms with Crippen LogP contribution >= 0.6 is 11.8 Å². The summed E-state index contributed by atoms with van der Waals surface area (Å²) in [5.74, 6) is 2.12. The zero-order valence-electron chi connectivity index (χ0n) is 18.4. The van der Waals surface area contributed by atoms with Gasteiger partial charge in [0.2, 0.25) is 0 Å². The third-order valence-electron chi connectivity index (χ3n) is 5.75. The fourth-order valence-corrected chi connectivity index (χ4v) is 4.99. The van der Waals surface area contributed by atoms with Gasteiger partial charge in [-0.1, -0.05) is 61.2 Å². The summed E-state index contributed by atoms with van der Waals surface area (Å²) >= 11 is 1.80. The van der Waals surface area contributed by atoms with Crippen molar-refractivity contribution in [2.75, 3.05) is 18.8 Å². The van der Waals surface area contributed by atoms with Gasteiger partial charge in [-0.25, -0.2) is 0 Å². The van der Waals surface area contributed by atoms with E-state index in [1.807, 2.05) is 24.3 Å². The van der Waals surface area contributed by atoms with Crippen LogP contribution in [0.1, 0.15) is 48.2 Å². The molecule has 0 saturated carbocycles. The maximum absolute atomic E-state index is 11.7. The van der Waals surface area contributed by atoms with Gasteiger partial charge in [-0.05, 0) is 49.9 Å². The number of rotatable bonds is 9. The predicted molar refractivity (Wildman–Crippen MR) is 127 cm³/mol. The van der Waals surface area contributed by atoms with Crippen molar-refractivity contribution >= 4 is 17.5 Å². The summed E-state index contributed by atoms with van der Waals surface area (Å²) in [6, 6.07) is 16.5. The minimum Gasteiger partial charge on any atom is -0.302 e. The maximum Gasteiger partial charge on any atom is 0.191 e. The van der Waals surface area contributed by atoms with Gasteiger partial charge in [0.15, 0.2) is 16.8 Å². The zero-order valence-corrected chi connectivity index (χ0v) is 19.2. The van der Waals surface area contributed by atoms with Crippen LogP contribution < -0.4 is 0 Å². The molecule has 0 aliphatic carbocycles. The first-order valence-electron chi connectivity index (χ1n) is 11.1. The van der Waals surface area contributed by atoms with Gasteiger partial charge in [-0.15, -0.1) is 10.2 Å². The molecule has 0 saturated heterocycles. The number of fused-ring (bicyclic) bond motifs is 1. The average molecular weight is 435 g/mol. The lowest BCUT2D eigenvalue weighted by Crippen LogP contribution is -2.31. The van der Waals surface area contributed by atoms with Crippen molar-refractivity contribution in [1.29, 1.82) is 0 Å². The molecule has 4 rings (SSSR count). The minimum atomic E-state index is 0.141. The van der Waals surface area contributed by atoms with Gasteiger partial charge in [-0.2, -0.15) is 0 Å². The highest BCUT2D eigenvalue weighted by molar-refractivity contribution is 7.99. The van der Waals surface area contributed by atoms with E-state index in [-0.39, 0.29) is 5.78 Å². The van der Waals surface area contributed by atoms with E-state index in [9.17, 15) is 4.79 Å². The standard InChI is InChI=1S/C25H30N4OS/c1-3-13-29-24(21-8-5-4-6-9-21)26-27-25(29)31-16-7-14-28-15-12-20-10-11-22(19(2)30)17-23(20)18-28/h4-6,8-11,17H,3,7,12-16,18H2,1-2H3. The molecule has 0 bridgehead atoms. The topological polar surface area (TPSA) is 51.0 Å². The molecule has 0 N–H and O–H groups in total. The number of ketones is 1. The number of aromatic nitrogens is 3. The highest BCUT2D eigenvalue weighted by atomic mass is 32.2. The molecule has 31 heavy (non-hydrogen) atoms. The molecular weight excluding hydrogens is 404 g/mol. The van der Waals surface area contributed by atoms with Crippen LogP contribution in [0.3, 0.4) is 0 Å². The van der Waals surface area contributed by atoms with Crippen molar-refractivity contribution in [1.82, 2.24) is 19.7 Å². The second-order valence-electron chi connectivity index (χ2n) is 8.09. The van der Waals surface area contributed by atoms with Crippen LogP contribution in [-0.4, -0.2) is 44.3 Å². The molecule has 0 atom stereocenters. The molecule has 1 aliphatic heterocycles. The summed E-state index contributed by atoms with van der Waals surface area (Å²) < 4.78 is 2.25. The molecular formula is C25H30N4OS. The second kappa shape index (κ2) is 10.2. The van der Waals surface area contributed by atoms with E-state index in [2.05, 4.69) is 50.9 Å². The number of carbonyl (C=O) groups excluding carboxylic acids is 1. The van der Waals surface area contributed by atoms with E-state index >= 15 is 0 Å². The quantitative estimate of drug-likeness (QED) is 0.266. The SMILES string of the molecule is CCCn1c(SCCCN2CCc3ccc(C(C)=O)cc3C2)nnc1-c1ccccc1. The molecule has 0 radical (unpaired) electrons. The molecule has 6 heteroatoms. The molecule has 1 aromatic heterocycles. The molecule has 0 unspecified atom stereocenters. The van der Waals surface area contributed by atoms with Crippen LogP contribution in [0.5, 0.6) is 0 Å². The minimum absolute atomic E-state index is 0.141. The van der Waals surface area contributed by atoms with E-state index in [0.717, 1.165) is 73.3 Å². The summed E-state index contributed by atoms with van der Waals surface area (Å²) in [5, 5.41) is 9.97. The van der Waals surface area contributed by atoms with Crippen molar-refractivity contribution in [3.8, 4) is 11.4 Å². The van der Waals surface area contributed by atoms with Crippen molar-refractivity contribution in [2.24, 2.45) is 0 Å². The van der Waals surface area contributed by atoms with Gasteiger partial charge < -0.3 is 4.57 Å². The van der Waals surface area contributed by atoms with Gasteiger partial charge in [0.05, 0.1) is 0 Å². The average Bonchev–Trinajstić information content (AvgIpc) is 3.19. The Morgan fingerprint density at radius 1 is 1.06 bits per heavy atom.